The lowest BCUT2D eigenvalue weighted by Gasteiger charge is -2.22. The van der Waals surface area contributed by atoms with Gasteiger partial charge in [-0.15, -0.1) is 11.8 Å². The Morgan fingerprint density at radius 1 is 1.17 bits per heavy atom. The average Bonchev–Trinajstić information content (AvgIpc) is 3.19. The van der Waals surface area contributed by atoms with E-state index in [1.807, 2.05) is 18.2 Å². The molecule has 1 atom stereocenters. The van der Waals surface area contributed by atoms with Crippen molar-refractivity contribution in [2.45, 2.75) is 16.6 Å². The third-order valence-electron chi connectivity index (χ3n) is 4.45. The van der Waals surface area contributed by atoms with Crippen molar-refractivity contribution in [3.8, 4) is 0 Å². The maximum absolute atomic E-state index is 13.8. The molecule has 148 valence electrons. The number of fused-ring (bicyclic) bond motifs is 1. The number of thioether (sulfide) groups is 1. The first-order valence-electron chi connectivity index (χ1n) is 8.85. The summed E-state index contributed by atoms with van der Waals surface area (Å²) in [6, 6.07) is 13.7. The van der Waals surface area contributed by atoms with E-state index in [4.69, 9.17) is 4.42 Å². The molecule has 2 heterocycles. The number of benzene rings is 2. The molecule has 3 aromatic rings. The molecule has 2 amide bonds. The molecular formula is C21H16F2N2O3S. The summed E-state index contributed by atoms with van der Waals surface area (Å²) in [6.07, 6.45) is 1.70. The zero-order valence-electron chi connectivity index (χ0n) is 15.1. The molecule has 0 spiro atoms. The highest BCUT2D eigenvalue weighted by Crippen LogP contribution is 2.45. The normalized spacial score (nSPS) is 16.3. The van der Waals surface area contributed by atoms with Crippen LogP contribution in [0.3, 0.4) is 0 Å². The molecule has 0 aliphatic carbocycles. The van der Waals surface area contributed by atoms with Crippen molar-refractivity contribution in [2.24, 2.45) is 0 Å². The number of hydrogen-bond donors (Lipinski definition) is 1. The van der Waals surface area contributed by atoms with Crippen molar-refractivity contribution in [2.75, 3.05) is 16.8 Å². The number of hydrogen-bond acceptors (Lipinski definition) is 4. The molecule has 2 aromatic carbocycles. The second kappa shape index (κ2) is 8.08. The molecule has 4 rings (SSSR count). The van der Waals surface area contributed by atoms with Gasteiger partial charge in [0.25, 0.3) is 0 Å². The van der Waals surface area contributed by atoms with Gasteiger partial charge < -0.3 is 14.6 Å². The summed E-state index contributed by atoms with van der Waals surface area (Å²) in [5.41, 5.74) is 0.459. The van der Waals surface area contributed by atoms with Crippen LogP contribution < -0.4 is 10.2 Å². The molecule has 0 radical (unpaired) electrons. The van der Waals surface area contributed by atoms with E-state index >= 15 is 0 Å². The van der Waals surface area contributed by atoms with E-state index in [1.165, 1.54) is 16.7 Å². The Kier molecular flexibility index (Phi) is 5.35. The zero-order chi connectivity index (χ0) is 20.4. The van der Waals surface area contributed by atoms with Gasteiger partial charge in [-0.3, -0.25) is 9.59 Å². The maximum atomic E-state index is 13.8. The SMILES string of the molecule is O=C(CN1C(=O)C[C@H](c2ccco2)Sc2ccccc21)Nc1ccc(F)cc1F. The Bertz CT molecular complexity index is 1060. The summed E-state index contributed by atoms with van der Waals surface area (Å²) in [5, 5.41) is 2.17. The molecule has 0 bridgehead atoms. The summed E-state index contributed by atoms with van der Waals surface area (Å²) < 4.78 is 32.4. The molecule has 8 heteroatoms. The number of anilines is 2. The van der Waals surface area contributed by atoms with Gasteiger partial charge in [-0.05, 0) is 36.4 Å². The van der Waals surface area contributed by atoms with Gasteiger partial charge in [-0.2, -0.15) is 0 Å². The molecule has 0 saturated carbocycles. The van der Waals surface area contributed by atoms with Gasteiger partial charge in [0.2, 0.25) is 11.8 Å². The number of carbonyl (C=O) groups excluding carboxylic acids is 2. The summed E-state index contributed by atoms with van der Waals surface area (Å²) >= 11 is 1.49. The lowest BCUT2D eigenvalue weighted by molar-refractivity contribution is -0.121. The van der Waals surface area contributed by atoms with E-state index in [-0.39, 0.29) is 29.8 Å². The standard InChI is InChI=1S/C21H16F2N2O3S/c22-13-7-8-15(14(23)10-13)24-20(26)12-25-16-4-1-2-6-18(16)29-19(11-21(25)27)17-5-3-9-28-17/h1-10,19H,11-12H2,(H,24,26)/t19-/m1/s1. The smallest absolute Gasteiger partial charge is 0.244 e. The Hall–Kier alpha value is -3.13. The molecule has 1 aliphatic rings. The Labute approximate surface area is 169 Å². The van der Waals surface area contributed by atoms with Gasteiger partial charge in [-0.25, -0.2) is 8.78 Å². The molecule has 1 aliphatic heterocycles. The van der Waals surface area contributed by atoms with Gasteiger partial charge in [0.1, 0.15) is 23.9 Å². The highest BCUT2D eigenvalue weighted by atomic mass is 32.2. The van der Waals surface area contributed by atoms with E-state index in [0.717, 1.165) is 17.0 Å². The minimum atomic E-state index is -0.880. The molecular weight excluding hydrogens is 398 g/mol. The minimum Gasteiger partial charge on any atom is -0.468 e. The van der Waals surface area contributed by atoms with Crippen molar-refractivity contribution in [1.82, 2.24) is 0 Å². The van der Waals surface area contributed by atoms with Gasteiger partial charge in [0.05, 0.1) is 22.9 Å². The van der Waals surface area contributed by atoms with Crippen LogP contribution in [0.15, 0.2) is 70.2 Å². The maximum Gasteiger partial charge on any atom is 0.244 e. The van der Waals surface area contributed by atoms with Crippen LogP contribution in [0.2, 0.25) is 0 Å². The lowest BCUT2D eigenvalue weighted by atomic mass is 10.2. The van der Waals surface area contributed by atoms with Crippen molar-refractivity contribution in [3.63, 3.8) is 0 Å². The summed E-state index contributed by atoms with van der Waals surface area (Å²) in [4.78, 5) is 27.7. The van der Waals surface area contributed by atoms with Crippen molar-refractivity contribution < 1.29 is 22.8 Å². The number of para-hydroxylation sites is 1. The molecule has 29 heavy (non-hydrogen) atoms. The quantitative estimate of drug-likeness (QED) is 0.668. The Morgan fingerprint density at radius 3 is 2.76 bits per heavy atom. The summed E-state index contributed by atoms with van der Waals surface area (Å²) in [5.74, 6) is -1.77. The Balaban J connectivity index is 1.58. The van der Waals surface area contributed by atoms with Gasteiger partial charge in [-0.1, -0.05) is 12.1 Å². The van der Waals surface area contributed by atoms with Gasteiger partial charge in [0.15, 0.2) is 0 Å². The van der Waals surface area contributed by atoms with Crippen molar-refractivity contribution >= 4 is 35.0 Å². The van der Waals surface area contributed by atoms with Crippen LogP contribution in [0.25, 0.3) is 0 Å². The first-order chi connectivity index (χ1) is 14.0. The van der Waals surface area contributed by atoms with Crippen LogP contribution in [-0.2, 0) is 9.59 Å². The third-order valence-corrected chi connectivity index (χ3v) is 5.74. The molecule has 0 unspecified atom stereocenters. The van der Waals surface area contributed by atoms with Crippen LogP contribution in [0.4, 0.5) is 20.2 Å². The number of carbonyl (C=O) groups is 2. The third kappa shape index (κ3) is 4.17. The first-order valence-corrected chi connectivity index (χ1v) is 9.73. The Morgan fingerprint density at radius 2 is 2.00 bits per heavy atom. The average molecular weight is 414 g/mol. The van der Waals surface area contributed by atoms with Crippen LogP contribution >= 0.6 is 11.8 Å². The van der Waals surface area contributed by atoms with Gasteiger partial charge in [0, 0.05) is 17.4 Å². The second-order valence-corrected chi connectivity index (χ2v) is 7.69. The highest BCUT2D eigenvalue weighted by Gasteiger charge is 2.31. The monoisotopic (exact) mass is 414 g/mol. The van der Waals surface area contributed by atoms with E-state index < -0.39 is 17.5 Å². The minimum absolute atomic E-state index is 0.144. The van der Waals surface area contributed by atoms with Crippen LogP contribution in [0, 0.1) is 11.6 Å². The summed E-state index contributed by atoms with van der Waals surface area (Å²) in [7, 11) is 0. The highest BCUT2D eigenvalue weighted by molar-refractivity contribution is 7.99. The summed E-state index contributed by atoms with van der Waals surface area (Å²) in [6.45, 7) is -0.294. The largest absolute Gasteiger partial charge is 0.468 e. The first kappa shape index (κ1) is 19.2. The fourth-order valence-electron chi connectivity index (χ4n) is 3.11. The van der Waals surface area contributed by atoms with E-state index in [9.17, 15) is 18.4 Å². The molecule has 0 saturated heterocycles. The van der Waals surface area contributed by atoms with Crippen LogP contribution in [-0.4, -0.2) is 18.4 Å². The number of nitrogens with one attached hydrogen (secondary N) is 1. The molecule has 5 nitrogen and oxygen atoms in total. The van der Waals surface area contributed by atoms with Gasteiger partial charge >= 0.3 is 0 Å². The number of furan rings is 1. The molecule has 0 fully saturated rings. The van der Waals surface area contributed by atoms with Crippen LogP contribution in [0.1, 0.15) is 17.4 Å². The van der Waals surface area contributed by atoms with Crippen LogP contribution in [0.5, 0.6) is 0 Å². The predicted octanol–water partition coefficient (Wildman–Crippen LogP) is 4.77. The second-order valence-electron chi connectivity index (χ2n) is 6.45. The topological polar surface area (TPSA) is 62.6 Å². The zero-order valence-corrected chi connectivity index (χ0v) is 15.9. The van der Waals surface area contributed by atoms with Crippen molar-refractivity contribution in [1.29, 1.82) is 0 Å². The van der Waals surface area contributed by atoms with E-state index in [2.05, 4.69) is 5.32 Å². The van der Waals surface area contributed by atoms with E-state index in [1.54, 1.807) is 24.5 Å². The molecule has 1 aromatic heterocycles. The van der Waals surface area contributed by atoms with Crippen molar-refractivity contribution in [3.05, 3.63) is 78.3 Å². The number of amides is 2. The predicted molar refractivity (Wildman–Crippen MR) is 106 cm³/mol. The lowest BCUT2D eigenvalue weighted by Crippen LogP contribution is -2.38. The molecule has 1 N–H and O–H groups in total. The fraction of sp³-hybridized carbons (Fsp3) is 0.143. The number of rotatable bonds is 4. The van der Waals surface area contributed by atoms with E-state index in [0.29, 0.717) is 17.5 Å². The fourth-order valence-corrected chi connectivity index (χ4v) is 4.35. The number of halogens is 2. The number of nitrogens with zero attached hydrogens (tertiary/aromatic N) is 1.